The van der Waals surface area contributed by atoms with Crippen LogP contribution < -0.4 is 20.1 Å². The van der Waals surface area contributed by atoms with Crippen molar-refractivity contribution in [3.05, 3.63) is 42.4 Å². The fourth-order valence-electron chi connectivity index (χ4n) is 2.00. The molecule has 0 aliphatic rings. The Bertz CT molecular complexity index is 696. The summed E-state index contributed by atoms with van der Waals surface area (Å²) in [6.45, 7) is 6.76. The normalized spacial score (nSPS) is 10.9. The second-order valence-electron chi connectivity index (χ2n) is 6.44. The average Bonchev–Trinajstić information content (AvgIpc) is 2.58. The van der Waals surface area contributed by atoms with Gasteiger partial charge in [-0.1, -0.05) is 0 Å². The van der Waals surface area contributed by atoms with Crippen LogP contribution in [0, 0.1) is 0 Å². The average molecular weight is 344 g/mol. The van der Waals surface area contributed by atoms with Crippen molar-refractivity contribution < 1.29 is 14.3 Å². The van der Waals surface area contributed by atoms with Crippen LogP contribution in [0.3, 0.4) is 0 Å². The van der Waals surface area contributed by atoms with Gasteiger partial charge in [-0.25, -0.2) is 9.97 Å². The summed E-state index contributed by atoms with van der Waals surface area (Å²) in [6.07, 6.45) is 1.37. The molecule has 0 saturated heterocycles. The number of anilines is 1. The van der Waals surface area contributed by atoms with Crippen molar-refractivity contribution in [2.24, 2.45) is 0 Å². The largest absolute Gasteiger partial charge is 0.497 e. The second-order valence-corrected chi connectivity index (χ2v) is 6.44. The molecule has 0 atom stereocenters. The molecule has 2 N–H and O–H groups in total. The van der Waals surface area contributed by atoms with E-state index in [1.165, 1.54) is 6.33 Å². The van der Waals surface area contributed by atoms with E-state index in [1.807, 2.05) is 45.0 Å². The lowest BCUT2D eigenvalue weighted by atomic mass is 10.1. The van der Waals surface area contributed by atoms with Crippen molar-refractivity contribution in [2.75, 3.05) is 25.6 Å². The van der Waals surface area contributed by atoms with Gasteiger partial charge in [0.25, 0.3) is 5.91 Å². The number of methoxy groups -OCH3 is 1. The van der Waals surface area contributed by atoms with E-state index in [1.54, 1.807) is 13.2 Å². The molecule has 25 heavy (non-hydrogen) atoms. The lowest BCUT2D eigenvalue weighted by Gasteiger charge is -2.20. The van der Waals surface area contributed by atoms with E-state index >= 15 is 0 Å². The SMILES string of the molecule is COc1ccc(OCCNc2cc(C(=O)NC(C)(C)C)ncn2)cc1. The number of carbonyl (C=O) groups is 1. The van der Waals surface area contributed by atoms with Crippen LogP contribution in [0.15, 0.2) is 36.7 Å². The van der Waals surface area contributed by atoms with Gasteiger partial charge in [0, 0.05) is 11.6 Å². The van der Waals surface area contributed by atoms with E-state index in [0.717, 1.165) is 11.5 Å². The standard InChI is InChI=1S/C18H24N4O3/c1-18(2,3)22-17(23)15-11-16(21-12-20-15)19-9-10-25-14-7-5-13(24-4)6-8-14/h5-8,11-12H,9-10H2,1-4H3,(H,22,23)(H,19,20,21). The maximum absolute atomic E-state index is 12.1. The Balaban J connectivity index is 1.82. The molecule has 134 valence electrons. The van der Waals surface area contributed by atoms with Crippen LogP contribution in [0.25, 0.3) is 0 Å². The summed E-state index contributed by atoms with van der Waals surface area (Å²) in [5.74, 6) is 1.89. The predicted molar refractivity (Wildman–Crippen MR) is 96.2 cm³/mol. The number of nitrogens with zero attached hydrogens (tertiary/aromatic N) is 2. The highest BCUT2D eigenvalue weighted by Crippen LogP contribution is 2.16. The molecule has 0 fully saturated rings. The number of ether oxygens (including phenoxy) is 2. The Morgan fingerprint density at radius 1 is 1.12 bits per heavy atom. The molecule has 1 aromatic heterocycles. The third-order valence-electron chi connectivity index (χ3n) is 3.12. The number of nitrogens with one attached hydrogen (secondary N) is 2. The molecule has 0 aliphatic carbocycles. The molecule has 7 nitrogen and oxygen atoms in total. The highest BCUT2D eigenvalue weighted by Gasteiger charge is 2.16. The van der Waals surface area contributed by atoms with Crippen molar-refractivity contribution in [3.63, 3.8) is 0 Å². The molecule has 0 spiro atoms. The van der Waals surface area contributed by atoms with Gasteiger partial charge in [0.2, 0.25) is 0 Å². The zero-order chi connectivity index (χ0) is 18.3. The number of carbonyl (C=O) groups excluding carboxylic acids is 1. The van der Waals surface area contributed by atoms with Gasteiger partial charge in [-0.2, -0.15) is 0 Å². The summed E-state index contributed by atoms with van der Waals surface area (Å²) >= 11 is 0. The number of aromatic nitrogens is 2. The molecule has 0 bridgehead atoms. The van der Waals surface area contributed by atoms with Crippen LogP contribution in [-0.4, -0.2) is 41.7 Å². The van der Waals surface area contributed by atoms with Crippen molar-refractivity contribution >= 4 is 11.7 Å². The van der Waals surface area contributed by atoms with E-state index in [2.05, 4.69) is 20.6 Å². The van der Waals surface area contributed by atoms with Gasteiger partial charge in [-0.15, -0.1) is 0 Å². The Hall–Kier alpha value is -2.83. The van der Waals surface area contributed by atoms with Gasteiger partial charge in [-0.05, 0) is 45.0 Å². The van der Waals surface area contributed by atoms with Crippen LogP contribution in [0.5, 0.6) is 11.5 Å². The Kier molecular flexibility index (Phi) is 6.16. The van der Waals surface area contributed by atoms with E-state index in [9.17, 15) is 4.79 Å². The maximum atomic E-state index is 12.1. The molecule has 7 heteroatoms. The number of amides is 1. The van der Waals surface area contributed by atoms with Crippen LogP contribution in [-0.2, 0) is 0 Å². The molecular formula is C18H24N4O3. The number of benzene rings is 1. The van der Waals surface area contributed by atoms with E-state index < -0.39 is 0 Å². The fourth-order valence-corrected chi connectivity index (χ4v) is 2.00. The van der Waals surface area contributed by atoms with Gasteiger partial charge in [0.1, 0.15) is 35.9 Å². The summed E-state index contributed by atoms with van der Waals surface area (Å²) in [6, 6.07) is 8.99. The minimum Gasteiger partial charge on any atom is -0.497 e. The monoisotopic (exact) mass is 344 g/mol. The summed E-state index contributed by atoms with van der Waals surface area (Å²) in [5.41, 5.74) is 0.00505. The first kappa shape index (κ1) is 18.5. The predicted octanol–water partition coefficient (Wildman–Crippen LogP) is 2.50. The lowest BCUT2D eigenvalue weighted by Crippen LogP contribution is -2.41. The molecule has 0 saturated carbocycles. The Labute approximate surface area is 147 Å². The van der Waals surface area contributed by atoms with Crippen LogP contribution in [0.4, 0.5) is 5.82 Å². The van der Waals surface area contributed by atoms with Crippen molar-refractivity contribution in [1.29, 1.82) is 0 Å². The first-order valence-corrected chi connectivity index (χ1v) is 8.03. The van der Waals surface area contributed by atoms with E-state index in [4.69, 9.17) is 9.47 Å². The van der Waals surface area contributed by atoms with Gasteiger partial charge in [0.05, 0.1) is 13.7 Å². The van der Waals surface area contributed by atoms with Gasteiger partial charge >= 0.3 is 0 Å². The highest BCUT2D eigenvalue weighted by atomic mass is 16.5. The van der Waals surface area contributed by atoms with Crippen molar-refractivity contribution in [3.8, 4) is 11.5 Å². The van der Waals surface area contributed by atoms with E-state index in [0.29, 0.717) is 24.7 Å². The fraction of sp³-hybridized carbons (Fsp3) is 0.389. The lowest BCUT2D eigenvalue weighted by molar-refractivity contribution is 0.0914. The van der Waals surface area contributed by atoms with Crippen LogP contribution in [0.1, 0.15) is 31.3 Å². The zero-order valence-corrected chi connectivity index (χ0v) is 15.0. The molecule has 1 amide bonds. The molecular weight excluding hydrogens is 320 g/mol. The molecule has 2 aromatic rings. The summed E-state index contributed by atoms with van der Waals surface area (Å²) in [5, 5.41) is 5.98. The smallest absolute Gasteiger partial charge is 0.270 e. The molecule has 2 rings (SSSR count). The van der Waals surface area contributed by atoms with Crippen LogP contribution >= 0.6 is 0 Å². The summed E-state index contributed by atoms with van der Waals surface area (Å²) in [4.78, 5) is 20.2. The Morgan fingerprint density at radius 2 is 1.80 bits per heavy atom. The number of hydrogen-bond acceptors (Lipinski definition) is 6. The minimum atomic E-state index is -0.318. The van der Waals surface area contributed by atoms with E-state index in [-0.39, 0.29) is 11.4 Å². The molecule has 0 aliphatic heterocycles. The van der Waals surface area contributed by atoms with Gasteiger partial charge in [0.15, 0.2) is 0 Å². The summed E-state index contributed by atoms with van der Waals surface area (Å²) < 4.78 is 10.7. The minimum absolute atomic E-state index is 0.229. The second kappa shape index (κ2) is 8.32. The first-order valence-electron chi connectivity index (χ1n) is 8.03. The molecule has 1 aromatic carbocycles. The van der Waals surface area contributed by atoms with Gasteiger partial charge < -0.3 is 20.1 Å². The third kappa shape index (κ3) is 6.29. The van der Waals surface area contributed by atoms with Crippen LogP contribution in [0.2, 0.25) is 0 Å². The molecule has 0 unspecified atom stereocenters. The zero-order valence-electron chi connectivity index (χ0n) is 15.0. The number of hydrogen-bond donors (Lipinski definition) is 2. The topological polar surface area (TPSA) is 85.4 Å². The van der Waals surface area contributed by atoms with Gasteiger partial charge in [-0.3, -0.25) is 4.79 Å². The summed E-state index contributed by atoms with van der Waals surface area (Å²) in [7, 11) is 1.62. The molecule has 1 heterocycles. The molecule has 0 radical (unpaired) electrons. The maximum Gasteiger partial charge on any atom is 0.270 e. The quantitative estimate of drug-likeness (QED) is 0.751. The third-order valence-corrected chi connectivity index (χ3v) is 3.12. The van der Waals surface area contributed by atoms with Crippen molar-refractivity contribution in [1.82, 2.24) is 15.3 Å². The Morgan fingerprint density at radius 3 is 2.44 bits per heavy atom. The van der Waals surface area contributed by atoms with Crippen molar-refractivity contribution in [2.45, 2.75) is 26.3 Å². The number of rotatable bonds is 7. The first-order chi connectivity index (χ1) is 11.9. The highest BCUT2D eigenvalue weighted by molar-refractivity contribution is 5.93.